The van der Waals surface area contributed by atoms with Crippen LogP contribution >= 0.6 is 0 Å². The topological polar surface area (TPSA) is 51.1 Å². The van der Waals surface area contributed by atoms with E-state index >= 15 is 0 Å². The van der Waals surface area contributed by atoms with Gasteiger partial charge in [0.05, 0.1) is 12.6 Å². The average molecular weight is 296 g/mol. The molecule has 1 amide bonds. The van der Waals surface area contributed by atoms with Crippen LogP contribution in [0.1, 0.15) is 24.9 Å². The third-order valence-corrected chi connectivity index (χ3v) is 4.24. The molecule has 0 radical (unpaired) electrons. The molecular weight excluding hydrogens is 276 g/mol. The maximum Gasteiger partial charge on any atom is 0.250 e. The van der Waals surface area contributed by atoms with Gasteiger partial charge in [-0.2, -0.15) is 0 Å². The summed E-state index contributed by atoms with van der Waals surface area (Å²) >= 11 is 0. The van der Waals surface area contributed by atoms with E-state index < -0.39 is 0 Å². The highest BCUT2D eigenvalue weighted by Gasteiger charge is 2.39. The maximum atomic E-state index is 12.3. The van der Waals surface area contributed by atoms with E-state index in [0.29, 0.717) is 12.5 Å². The lowest BCUT2D eigenvalue weighted by Crippen LogP contribution is -2.35. The Morgan fingerprint density at radius 2 is 1.91 bits per heavy atom. The van der Waals surface area contributed by atoms with Gasteiger partial charge < -0.3 is 9.88 Å². The largest absolute Gasteiger partial charge is 0.347 e. The summed E-state index contributed by atoms with van der Waals surface area (Å²) in [5.74, 6) is 0.680. The van der Waals surface area contributed by atoms with Gasteiger partial charge in [0.1, 0.15) is 0 Å². The molecule has 1 heterocycles. The summed E-state index contributed by atoms with van der Waals surface area (Å²) in [5, 5.41) is 3.10. The lowest BCUT2D eigenvalue weighted by molar-refractivity contribution is -0.123. The van der Waals surface area contributed by atoms with Gasteiger partial charge in [0.2, 0.25) is 5.91 Å². The summed E-state index contributed by atoms with van der Waals surface area (Å²) < 4.78 is 1.63. The Kier molecular flexibility index (Phi) is 4.09. The monoisotopic (exact) mass is 296 g/mol. The molecule has 3 atom stereocenters. The van der Waals surface area contributed by atoms with Crippen molar-refractivity contribution < 1.29 is 4.79 Å². The van der Waals surface area contributed by atoms with Crippen molar-refractivity contribution in [2.75, 3.05) is 0 Å². The summed E-state index contributed by atoms with van der Waals surface area (Å²) in [6.45, 7) is 2.53. The molecule has 114 valence electrons. The number of hydrogen-bond donors (Lipinski definition) is 1. The number of benzene rings is 1. The Balaban J connectivity index is 1.81. The molecule has 0 saturated heterocycles. The van der Waals surface area contributed by atoms with Crippen molar-refractivity contribution >= 4 is 5.91 Å². The van der Waals surface area contributed by atoms with E-state index in [0.717, 1.165) is 12.0 Å². The number of rotatable bonds is 5. The molecule has 1 N–H and O–H groups in total. The highest BCUT2D eigenvalue weighted by atomic mass is 16.2. The molecule has 2 aromatic rings. The minimum atomic E-state index is -0.193. The van der Waals surface area contributed by atoms with Crippen LogP contribution in [-0.2, 0) is 11.3 Å². The number of carbonyl (C=O) groups is 1. The Morgan fingerprint density at radius 3 is 2.55 bits per heavy atom. The predicted molar refractivity (Wildman–Crippen MR) is 85.3 cm³/mol. The van der Waals surface area contributed by atoms with Crippen LogP contribution in [0.4, 0.5) is 0 Å². The second kappa shape index (κ2) is 6.18. The second-order valence-corrected chi connectivity index (χ2v) is 5.98. The van der Waals surface area contributed by atoms with E-state index in [1.54, 1.807) is 16.8 Å². The maximum absolute atomic E-state index is 12.3. The molecule has 3 rings (SSSR count). The molecular formula is C18H20N2O2. The van der Waals surface area contributed by atoms with Gasteiger partial charge in [0, 0.05) is 18.2 Å². The smallest absolute Gasteiger partial charge is 0.250 e. The third kappa shape index (κ3) is 3.27. The van der Waals surface area contributed by atoms with Crippen molar-refractivity contribution in [1.29, 1.82) is 0 Å². The van der Waals surface area contributed by atoms with Crippen molar-refractivity contribution in [2.24, 2.45) is 11.8 Å². The number of nitrogens with one attached hydrogen (secondary N) is 1. The number of amides is 1. The van der Waals surface area contributed by atoms with Gasteiger partial charge in [-0.3, -0.25) is 9.59 Å². The molecule has 4 nitrogen and oxygen atoms in total. The zero-order valence-corrected chi connectivity index (χ0v) is 12.6. The van der Waals surface area contributed by atoms with Crippen molar-refractivity contribution in [2.45, 2.75) is 25.9 Å². The molecule has 1 aromatic heterocycles. The summed E-state index contributed by atoms with van der Waals surface area (Å²) in [6, 6.07) is 14.7. The van der Waals surface area contributed by atoms with Crippen molar-refractivity contribution in [3.05, 3.63) is 70.6 Å². The van der Waals surface area contributed by atoms with Crippen molar-refractivity contribution in [1.82, 2.24) is 9.88 Å². The fourth-order valence-corrected chi connectivity index (χ4v) is 2.69. The standard InChI is InChI=1S/C18H20N2O2/c1-13-11-15(13)18(22)19-16(14-7-3-2-4-8-14)12-20-10-6-5-9-17(20)21/h2-10,13,15-16H,11-12H2,1H3,(H,19,22)/t13-,15-,16+/m1/s1. The number of pyridine rings is 1. The van der Waals surface area contributed by atoms with Crippen LogP contribution in [0.2, 0.25) is 0 Å². The van der Waals surface area contributed by atoms with Crippen LogP contribution in [0.15, 0.2) is 59.5 Å². The molecule has 1 aliphatic carbocycles. The highest BCUT2D eigenvalue weighted by Crippen LogP contribution is 2.38. The van der Waals surface area contributed by atoms with Gasteiger partial charge in [-0.1, -0.05) is 43.3 Å². The molecule has 22 heavy (non-hydrogen) atoms. The predicted octanol–water partition coefficient (Wildman–Crippen LogP) is 2.36. The number of aromatic nitrogens is 1. The number of nitrogens with zero attached hydrogens (tertiary/aromatic N) is 1. The third-order valence-electron chi connectivity index (χ3n) is 4.24. The lowest BCUT2D eigenvalue weighted by Gasteiger charge is -2.20. The van der Waals surface area contributed by atoms with Crippen LogP contribution in [0.5, 0.6) is 0 Å². The van der Waals surface area contributed by atoms with E-state index in [1.807, 2.05) is 36.4 Å². The Labute approximate surface area is 129 Å². The van der Waals surface area contributed by atoms with E-state index in [9.17, 15) is 9.59 Å². The second-order valence-electron chi connectivity index (χ2n) is 5.98. The Morgan fingerprint density at radius 1 is 1.23 bits per heavy atom. The molecule has 0 bridgehead atoms. The van der Waals surface area contributed by atoms with Gasteiger partial charge in [-0.15, -0.1) is 0 Å². The van der Waals surface area contributed by atoms with Gasteiger partial charge >= 0.3 is 0 Å². The lowest BCUT2D eigenvalue weighted by atomic mass is 10.1. The first-order valence-corrected chi connectivity index (χ1v) is 7.66. The van der Waals surface area contributed by atoms with Gasteiger partial charge in [-0.25, -0.2) is 0 Å². The number of carbonyl (C=O) groups excluding carboxylic acids is 1. The van der Waals surface area contributed by atoms with Gasteiger partial charge in [-0.05, 0) is 24.0 Å². The number of hydrogen-bond acceptors (Lipinski definition) is 2. The normalized spacial score (nSPS) is 21.1. The van der Waals surface area contributed by atoms with Crippen LogP contribution in [0.25, 0.3) is 0 Å². The molecule has 4 heteroatoms. The van der Waals surface area contributed by atoms with Crippen molar-refractivity contribution in [3.63, 3.8) is 0 Å². The van der Waals surface area contributed by atoms with E-state index in [4.69, 9.17) is 0 Å². The van der Waals surface area contributed by atoms with Crippen LogP contribution in [-0.4, -0.2) is 10.5 Å². The Bertz CT molecular complexity index is 708. The minimum Gasteiger partial charge on any atom is -0.347 e. The SMILES string of the molecule is C[C@@H]1C[C@H]1C(=O)N[C@@H](Cn1ccccc1=O)c1ccccc1. The first-order chi connectivity index (χ1) is 10.6. The molecule has 1 saturated carbocycles. The molecule has 0 spiro atoms. The Hall–Kier alpha value is -2.36. The van der Waals surface area contributed by atoms with Crippen LogP contribution < -0.4 is 10.9 Å². The van der Waals surface area contributed by atoms with E-state index in [1.165, 1.54) is 6.07 Å². The van der Waals surface area contributed by atoms with E-state index in [2.05, 4.69) is 12.2 Å². The molecule has 1 fully saturated rings. The van der Waals surface area contributed by atoms with Gasteiger partial charge in [0.15, 0.2) is 0 Å². The summed E-state index contributed by atoms with van der Waals surface area (Å²) in [4.78, 5) is 24.2. The fourth-order valence-electron chi connectivity index (χ4n) is 2.69. The quantitative estimate of drug-likeness (QED) is 0.921. The summed E-state index contributed by atoms with van der Waals surface area (Å²) in [7, 11) is 0. The molecule has 0 aliphatic heterocycles. The molecule has 1 aliphatic rings. The van der Waals surface area contributed by atoms with Crippen molar-refractivity contribution in [3.8, 4) is 0 Å². The summed E-state index contributed by atoms with van der Waals surface area (Å²) in [6.07, 6.45) is 2.71. The van der Waals surface area contributed by atoms with E-state index in [-0.39, 0.29) is 23.4 Å². The average Bonchev–Trinajstić information content (AvgIpc) is 3.26. The zero-order valence-electron chi connectivity index (χ0n) is 12.6. The molecule has 0 unspecified atom stereocenters. The fraction of sp³-hybridized carbons (Fsp3) is 0.333. The molecule has 1 aromatic carbocycles. The van der Waals surface area contributed by atoms with Crippen LogP contribution in [0.3, 0.4) is 0 Å². The summed E-state index contributed by atoms with van der Waals surface area (Å²) in [5.41, 5.74) is 0.956. The highest BCUT2D eigenvalue weighted by molar-refractivity contribution is 5.81. The first-order valence-electron chi connectivity index (χ1n) is 7.66. The first kappa shape index (κ1) is 14.6. The van der Waals surface area contributed by atoms with Gasteiger partial charge in [0.25, 0.3) is 5.56 Å². The van der Waals surface area contributed by atoms with Crippen LogP contribution in [0, 0.1) is 11.8 Å². The minimum absolute atomic E-state index is 0.0579. The zero-order chi connectivity index (χ0) is 15.5.